The zero-order valence-corrected chi connectivity index (χ0v) is 14.3. The summed E-state index contributed by atoms with van der Waals surface area (Å²) in [5, 5.41) is 8.51. The Hall–Kier alpha value is -3.06. The summed E-state index contributed by atoms with van der Waals surface area (Å²) in [6, 6.07) is 16.7. The second-order valence-corrected chi connectivity index (χ2v) is 5.34. The summed E-state index contributed by atoms with van der Waals surface area (Å²) >= 11 is 0. The Labute approximate surface area is 148 Å². The predicted octanol–water partition coefficient (Wildman–Crippen LogP) is 4.66. The SMILES string of the molecule is CCOc1ccc(C(=O)/C=C/c2cccc(OCCCC#N)c2)cc1. The molecule has 0 saturated heterocycles. The lowest BCUT2D eigenvalue weighted by Crippen LogP contribution is -1.97. The van der Waals surface area contributed by atoms with Crippen LogP contribution in [0.15, 0.2) is 54.6 Å². The van der Waals surface area contributed by atoms with Crippen molar-refractivity contribution in [2.45, 2.75) is 19.8 Å². The van der Waals surface area contributed by atoms with Crippen molar-refractivity contribution in [3.8, 4) is 17.6 Å². The van der Waals surface area contributed by atoms with Crippen LogP contribution in [-0.4, -0.2) is 19.0 Å². The number of ketones is 1. The molecule has 0 N–H and O–H groups in total. The van der Waals surface area contributed by atoms with Gasteiger partial charge in [-0.25, -0.2) is 0 Å². The van der Waals surface area contributed by atoms with Crippen molar-refractivity contribution in [2.24, 2.45) is 0 Å². The van der Waals surface area contributed by atoms with E-state index in [0.717, 1.165) is 17.1 Å². The molecule has 0 aliphatic heterocycles. The summed E-state index contributed by atoms with van der Waals surface area (Å²) in [5.74, 6) is 1.42. The van der Waals surface area contributed by atoms with E-state index in [1.165, 1.54) is 0 Å². The summed E-state index contributed by atoms with van der Waals surface area (Å²) in [6.45, 7) is 3.02. The van der Waals surface area contributed by atoms with Gasteiger partial charge in [0.1, 0.15) is 11.5 Å². The Bertz CT molecular complexity index is 757. The first-order chi connectivity index (χ1) is 12.2. The van der Waals surface area contributed by atoms with E-state index in [4.69, 9.17) is 14.7 Å². The van der Waals surface area contributed by atoms with Gasteiger partial charge in [-0.1, -0.05) is 18.2 Å². The summed E-state index contributed by atoms with van der Waals surface area (Å²) in [7, 11) is 0. The van der Waals surface area contributed by atoms with Gasteiger partial charge in [0.2, 0.25) is 0 Å². The molecule has 4 heteroatoms. The van der Waals surface area contributed by atoms with Gasteiger partial charge in [0.15, 0.2) is 5.78 Å². The molecule has 0 heterocycles. The van der Waals surface area contributed by atoms with Crippen LogP contribution in [-0.2, 0) is 0 Å². The number of carbonyl (C=O) groups excluding carboxylic acids is 1. The van der Waals surface area contributed by atoms with E-state index in [1.54, 1.807) is 36.4 Å². The molecule has 0 amide bonds. The molecule has 0 saturated carbocycles. The second kappa shape index (κ2) is 9.94. The number of hydrogen-bond donors (Lipinski definition) is 0. The van der Waals surface area contributed by atoms with Gasteiger partial charge in [-0.05, 0) is 61.4 Å². The van der Waals surface area contributed by atoms with E-state index < -0.39 is 0 Å². The van der Waals surface area contributed by atoms with Gasteiger partial charge >= 0.3 is 0 Å². The van der Waals surface area contributed by atoms with E-state index in [2.05, 4.69) is 6.07 Å². The van der Waals surface area contributed by atoms with Crippen molar-refractivity contribution >= 4 is 11.9 Å². The van der Waals surface area contributed by atoms with Crippen molar-refractivity contribution in [1.82, 2.24) is 0 Å². The van der Waals surface area contributed by atoms with Crippen LogP contribution in [0.3, 0.4) is 0 Å². The van der Waals surface area contributed by atoms with Crippen molar-refractivity contribution in [1.29, 1.82) is 5.26 Å². The minimum Gasteiger partial charge on any atom is -0.494 e. The molecule has 0 bridgehead atoms. The lowest BCUT2D eigenvalue weighted by Gasteiger charge is -2.05. The summed E-state index contributed by atoms with van der Waals surface area (Å²) < 4.78 is 11.0. The highest BCUT2D eigenvalue weighted by atomic mass is 16.5. The Morgan fingerprint density at radius 2 is 1.92 bits per heavy atom. The monoisotopic (exact) mass is 335 g/mol. The molecule has 2 aromatic rings. The molecule has 0 atom stereocenters. The average Bonchev–Trinajstić information content (AvgIpc) is 2.64. The first-order valence-corrected chi connectivity index (χ1v) is 8.28. The van der Waals surface area contributed by atoms with Crippen LogP contribution < -0.4 is 9.47 Å². The first kappa shape index (κ1) is 18.3. The largest absolute Gasteiger partial charge is 0.494 e. The number of ether oxygens (including phenoxy) is 2. The van der Waals surface area contributed by atoms with Gasteiger partial charge in [0, 0.05) is 12.0 Å². The van der Waals surface area contributed by atoms with Gasteiger partial charge in [-0.3, -0.25) is 4.79 Å². The molecule has 0 fully saturated rings. The van der Waals surface area contributed by atoms with Crippen molar-refractivity contribution in [3.05, 3.63) is 65.7 Å². The number of carbonyl (C=O) groups is 1. The fourth-order valence-electron chi connectivity index (χ4n) is 2.20. The van der Waals surface area contributed by atoms with Crippen LogP contribution in [0.5, 0.6) is 11.5 Å². The highest BCUT2D eigenvalue weighted by Crippen LogP contribution is 2.16. The highest BCUT2D eigenvalue weighted by molar-refractivity contribution is 6.06. The second-order valence-electron chi connectivity index (χ2n) is 5.34. The summed E-state index contributed by atoms with van der Waals surface area (Å²) in [6.07, 6.45) is 4.49. The van der Waals surface area contributed by atoms with Gasteiger partial charge in [0.05, 0.1) is 19.3 Å². The third-order valence-electron chi connectivity index (χ3n) is 3.44. The number of rotatable bonds is 9. The molecule has 2 rings (SSSR count). The molecule has 2 aromatic carbocycles. The van der Waals surface area contributed by atoms with Crippen LogP contribution in [0.1, 0.15) is 35.7 Å². The van der Waals surface area contributed by atoms with Crippen LogP contribution >= 0.6 is 0 Å². The predicted molar refractivity (Wildman–Crippen MR) is 97.8 cm³/mol. The number of hydrogen-bond acceptors (Lipinski definition) is 4. The van der Waals surface area contributed by atoms with Gasteiger partial charge in [-0.15, -0.1) is 0 Å². The average molecular weight is 335 g/mol. The number of allylic oxidation sites excluding steroid dienone is 1. The quantitative estimate of drug-likeness (QED) is 0.380. The highest BCUT2D eigenvalue weighted by Gasteiger charge is 2.02. The fourth-order valence-corrected chi connectivity index (χ4v) is 2.20. The van der Waals surface area contributed by atoms with Gasteiger partial charge < -0.3 is 9.47 Å². The van der Waals surface area contributed by atoms with E-state index in [0.29, 0.717) is 31.6 Å². The molecular formula is C21H21NO3. The minimum absolute atomic E-state index is 0.0663. The standard InChI is InChI=1S/C21H21NO3/c1-2-24-19-11-9-18(10-12-19)21(23)13-8-17-6-5-7-20(16-17)25-15-4-3-14-22/h5-13,16H,2-4,15H2,1H3/b13-8+. The molecular weight excluding hydrogens is 314 g/mol. The molecule has 128 valence electrons. The van der Waals surface area contributed by atoms with E-state index >= 15 is 0 Å². The zero-order chi connectivity index (χ0) is 17.9. The van der Waals surface area contributed by atoms with Crippen LogP contribution in [0, 0.1) is 11.3 Å². The molecule has 0 spiro atoms. The Kier molecular flexibility index (Phi) is 7.27. The topological polar surface area (TPSA) is 59.3 Å². The minimum atomic E-state index is -0.0663. The zero-order valence-electron chi connectivity index (χ0n) is 14.3. The first-order valence-electron chi connectivity index (χ1n) is 8.28. The maximum absolute atomic E-state index is 12.2. The van der Waals surface area contributed by atoms with Crippen molar-refractivity contribution < 1.29 is 14.3 Å². The molecule has 0 radical (unpaired) electrons. The molecule has 25 heavy (non-hydrogen) atoms. The Morgan fingerprint density at radius 1 is 1.12 bits per heavy atom. The molecule has 0 aromatic heterocycles. The Balaban J connectivity index is 1.96. The van der Waals surface area contributed by atoms with E-state index in [1.807, 2.05) is 31.2 Å². The maximum Gasteiger partial charge on any atom is 0.185 e. The maximum atomic E-state index is 12.2. The van der Waals surface area contributed by atoms with Crippen LogP contribution in [0.2, 0.25) is 0 Å². The van der Waals surface area contributed by atoms with Crippen LogP contribution in [0.4, 0.5) is 0 Å². The lowest BCUT2D eigenvalue weighted by molar-refractivity contribution is 0.104. The van der Waals surface area contributed by atoms with Gasteiger partial charge in [0.25, 0.3) is 0 Å². The van der Waals surface area contributed by atoms with Crippen molar-refractivity contribution in [2.75, 3.05) is 13.2 Å². The van der Waals surface area contributed by atoms with E-state index in [-0.39, 0.29) is 5.78 Å². The van der Waals surface area contributed by atoms with Crippen molar-refractivity contribution in [3.63, 3.8) is 0 Å². The molecule has 0 aliphatic carbocycles. The normalized spacial score (nSPS) is 10.4. The molecule has 4 nitrogen and oxygen atoms in total. The van der Waals surface area contributed by atoms with E-state index in [9.17, 15) is 4.79 Å². The Morgan fingerprint density at radius 3 is 2.64 bits per heavy atom. The fraction of sp³-hybridized carbons (Fsp3) is 0.238. The number of benzene rings is 2. The smallest absolute Gasteiger partial charge is 0.185 e. The molecule has 0 aliphatic rings. The van der Waals surface area contributed by atoms with Crippen LogP contribution in [0.25, 0.3) is 6.08 Å². The number of nitriles is 1. The third kappa shape index (κ3) is 6.15. The number of unbranched alkanes of at least 4 members (excludes halogenated alkanes) is 1. The summed E-state index contributed by atoms with van der Waals surface area (Å²) in [4.78, 5) is 12.2. The molecule has 0 unspecified atom stereocenters. The third-order valence-corrected chi connectivity index (χ3v) is 3.44. The number of nitrogens with zero attached hydrogens (tertiary/aromatic N) is 1. The van der Waals surface area contributed by atoms with Gasteiger partial charge in [-0.2, -0.15) is 5.26 Å². The summed E-state index contributed by atoms with van der Waals surface area (Å²) in [5.41, 5.74) is 1.50. The lowest BCUT2D eigenvalue weighted by atomic mass is 10.1.